The van der Waals surface area contributed by atoms with Crippen LogP contribution in [-0.4, -0.2) is 11.1 Å². The molecule has 0 bridgehead atoms. The second kappa shape index (κ2) is 5.36. The van der Waals surface area contributed by atoms with E-state index in [1.54, 1.807) is 0 Å². The molecule has 0 fully saturated rings. The van der Waals surface area contributed by atoms with Gasteiger partial charge in [-0.1, -0.05) is 32.0 Å². The molecular formula is C15H20N2O. The number of hydrogen-bond acceptors (Lipinski definition) is 3. The average molecular weight is 244 g/mol. The van der Waals surface area contributed by atoms with Crippen molar-refractivity contribution < 1.29 is 4.74 Å². The smallest absolute Gasteiger partial charge is 0.129 e. The number of rotatable bonds is 4. The van der Waals surface area contributed by atoms with Crippen LogP contribution in [0.2, 0.25) is 0 Å². The Labute approximate surface area is 108 Å². The number of fused-ring (bicyclic) bond motifs is 1. The Bertz CT molecular complexity index is 537. The third-order valence-corrected chi connectivity index (χ3v) is 3.28. The lowest BCUT2D eigenvalue weighted by molar-refractivity contribution is 0.0237. The Morgan fingerprint density at radius 2 is 1.94 bits per heavy atom. The molecule has 3 heteroatoms. The van der Waals surface area contributed by atoms with Crippen molar-refractivity contribution >= 4 is 16.7 Å². The van der Waals surface area contributed by atoms with E-state index in [0.29, 0.717) is 18.3 Å². The number of nitrogens with two attached hydrogens (primary N) is 1. The Balaban J connectivity index is 2.20. The van der Waals surface area contributed by atoms with Crippen molar-refractivity contribution in [2.75, 3.05) is 5.73 Å². The van der Waals surface area contributed by atoms with E-state index in [4.69, 9.17) is 10.5 Å². The van der Waals surface area contributed by atoms with Crippen molar-refractivity contribution in [3.05, 3.63) is 35.9 Å². The van der Waals surface area contributed by atoms with Crippen LogP contribution in [0.25, 0.3) is 10.9 Å². The van der Waals surface area contributed by atoms with Crippen LogP contribution >= 0.6 is 0 Å². The number of ether oxygens (including phenoxy) is 1. The highest BCUT2D eigenvalue weighted by atomic mass is 16.5. The maximum absolute atomic E-state index is 5.96. The lowest BCUT2D eigenvalue weighted by Gasteiger charge is -2.17. The first kappa shape index (κ1) is 12.8. The summed E-state index contributed by atoms with van der Waals surface area (Å²) in [7, 11) is 0. The molecule has 0 spiro atoms. The number of hydrogen-bond donors (Lipinski definition) is 1. The maximum Gasteiger partial charge on any atom is 0.129 e. The summed E-state index contributed by atoms with van der Waals surface area (Å²) in [6.07, 6.45) is 0.218. The highest BCUT2D eigenvalue weighted by Crippen LogP contribution is 2.20. The SMILES string of the molecule is CC(C)C(C)OCc1cc2ccccc2nc1N. The first-order valence-electron chi connectivity index (χ1n) is 6.33. The van der Waals surface area contributed by atoms with Crippen LogP contribution in [0.5, 0.6) is 0 Å². The number of pyridine rings is 1. The predicted octanol–water partition coefficient (Wildman–Crippen LogP) is 3.38. The van der Waals surface area contributed by atoms with Gasteiger partial charge in [0.2, 0.25) is 0 Å². The first-order chi connectivity index (χ1) is 8.58. The summed E-state index contributed by atoms with van der Waals surface area (Å²) in [5, 5.41) is 1.10. The minimum absolute atomic E-state index is 0.218. The molecule has 0 amide bonds. The van der Waals surface area contributed by atoms with Gasteiger partial charge < -0.3 is 10.5 Å². The second-order valence-corrected chi connectivity index (χ2v) is 4.99. The van der Waals surface area contributed by atoms with Gasteiger partial charge in [0.25, 0.3) is 0 Å². The second-order valence-electron chi connectivity index (χ2n) is 4.99. The molecule has 2 rings (SSSR count). The third-order valence-electron chi connectivity index (χ3n) is 3.28. The predicted molar refractivity (Wildman–Crippen MR) is 75.2 cm³/mol. The Morgan fingerprint density at radius 3 is 2.67 bits per heavy atom. The Morgan fingerprint density at radius 1 is 1.22 bits per heavy atom. The zero-order valence-corrected chi connectivity index (χ0v) is 11.2. The molecule has 0 saturated heterocycles. The average Bonchev–Trinajstić information content (AvgIpc) is 2.35. The molecule has 0 aliphatic rings. The summed E-state index contributed by atoms with van der Waals surface area (Å²) in [6.45, 7) is 6.89. The van der Waals surface area contributed by atoms with Crippen LogP contribution in [0.1, 0.15) is 26.3 Å². The fraction of sp³-hybridized carbons (Fsp3) is 0.400. The molecule has 18 heavy (non-hydrogen) atoms. The van der Waals surface area contributed by atoms with Gasteiger partial charge in [0.1, 0.15) is 5.82 Å². The van der Waals surface area contributed by atoms with E-state index in [1.165, 1.54) is 0 Å². The van der Waals surface area contributed by atoms with E-state index in [-0.39, 0.29) is 6.10 Å². The lowest BCUT2D eigenvalue weighted by Crippen LogP contribution is -2.15. The van der Waals surface area contributed by atoms with Crippen LogP contribution in [-0.2, 0) is 11.3 Å². The summed E-state index contributed by atoms with van der Waals surface area (Å²) < 4.78 is 5.80. The summed E-state index contributed by atoms with van der Waals surface area (Å²) in [5.74, 6) is 1.06. The van der Waals surface area contributed by atoms with Gasteiger partial charge in [0.05, 0.1) is 18.2 Å². The van der Waals surface area contributed by atoms with E-state index in [0.717, 1.165) is 16.5 Å². The monoisotopic (exact) mass is 244 g/mol. The Hall–Kier alpha value is -1.61. The maximum atomic E-state index is 5.96. The molecule has 96 valence electrons. The first-order valence-corrected chi connectivity index (χ1v) is 6.33. The highest BCUT2D eigenvalue weighted by Gasteiger charge is 2.09. The minimum atomic E-state index is 0.218. The summed E-state index contributed by atoms with van der Waals surface area (Å²) >= 11 is 0. The van der Waals surface area contributed by atoms with Gasteiger partial charge >= 0.3 is 0 Å². The molecule has 1 aromatic heterocycles. The van der Waals surface area contributed by atoms with Gasteiger partial charge in [-0.25, -0.2) is 4.98 Å². The lowest BCUT2D eigenvalue weighted by atomic mass is 10.1. The Kier molecular flexibility index (Phi) is 3.82. The van der Waals surface area contributed by atoms with E-state index in [2.05, 4.69) is 31.8 Å². The standard InChI is InChI=1S/C15H20N2O/c1-10(2)11(3)18-9-13-8-12-6-4-5-7-14(12)17-15(13)16/h4-8,10-11H,9H2,1-3H3,(H2,16,17). The van der Waals surface area contributed by atoms with Crippen molar-refractivity contribution in [2.45, 2.75) is 33.5 Å². The van der Waals surface area contributed by atoms with E-state index >= 15 is 0 Å². The summed E-state index contributed by atoms with van der Waals surface area (Å²) in [5.41, 5.74) is 7.84. The number of benzene rings is 1. The minimum Gasteiger partial charge on any atom is -0.383 e. The normalized spacial score (nSPS) is 13.1. The quantitative estimate of drug-likeness (QED) is 0.897. The molecule has 1 atom stereocenters. The van der Waals surface area contributed by atoms with Crippen LogP contribution in [0.4, 0.5) is 5.82 Å². The number of aromatic nitrogens is 1. The topological polar surface area (TPSA) is 48.1 Å². The van der Waals surface area contributed by atoms with Gasteiger partial charge in [0, 0.05) is 10.9 Å². The largest absolute Gasteiger partial charge is 0.383 e. The van der Waals surface area contributed by atoms with E-state index in [1.807, 2.05) is 24.3 Å². The van der Waals surface area contributed by atoms with E-state index in [9.17, 15) is 0 Å². The van der Waals surface area contributed by atoms with Gasteiger partial charge in [-0.3, -0.25) is 0 Å². The molecule has 0 radical (unpaired) electrons. The van der Waals surface area contributed by atoms with E-state index < -0.39 is 0 Å². The van der Waals surface area contributed by atoms with Crippen molar-refractivity contribution in [2.24, 2.45) is 5.92 Å². The molecule has 1 heterocycles. The summed E-state index contributed by atoms with van der Waals surface area (Å²) in [4.78, 5) is 4.40. The van der Waals surface area contributed by atoms with Crippen LogP contribution in [0.15, 0.2) is 30.3 Å². The fourth-order valence-electron chi connectivity index (χ4n) is 1.70. The molecular weight excluding hydrogens is 224 g/mol. The van der Waals surface area contributed by atoms with Crippen LogP contribution in [0.3, 0.4) is 0 Å². The number of anilines is 1. The molecule has 0 saturated carbocycles. The molecule has 1 aromatic carbocycles. The molecule has 1 unspecified atom stereocenters. The number of nitrogen functional groups attached to an aromatic ring is 1. The fourth-order valence-corrected chi connectivity index (χ4v) is 1.70. The third kappa shape index (κ3) is 2.79. The zero-order chi connectivity index (χ0) is 13.1. The molecule has 2 N–H and O–H groups in total. The zero-order valence-electron chi connectivity index (χ0n) is 11.2. The van der Waals surface area contributed by atoms with Gasteiger partial charge in [-0.2, -0.15) is 0 Å². The van der Waals surface area contributed by atoms with Gasteiger partial charge in [-0.05, 0) is 25.0 Å². The highest BCUT2D eigenvalue weighted by molar-refractivity contribution is 5.81. The van der Waals surface area contributed by atoms with Crippen molar-refractivity contribution in [3.63, 3.8) is 0 Å². The van der Waals surface area contributed by atoms with Gasteiger partial charge in [0.15, 0.2) is 0 Å². The van der Waals surface area contributed by atoms with Crippen molar-refractivity contribution in [1.82, 2.24) is 4.98 Å². The summed E-state index contributed by atoms with van der Waals surface area (Å²) in [6, 6.07) is 10.0. The van der Waals surface area contributed by atoms with Crippen LogP contribution < -0.4 is 5.73 Å². The number of para-hydroxylation sites is 1. The van der Waals surface area contributed by atoms with Crippen LogP contribution in [0, 0.1) is 5.92 Å². The molecule has 2 aromatic rings. The van der Waals surface area contributed by atoms with Gasteiger partial charge in [-0.15, -0.1) is 0 Å². The molecule has 0 aliphatic heterocycles. The van der Waals surface area contributed by atoms with Crippen molar-refractivity contribution in [1.29, 1.82) is 0 Å². The number of nitrogens with zero attached hydrogens (tertiary/aromatic N) is 1. The molecule has 0 aliphatic carbocycles. The molecule has 3 nitrogen and oxygen atoms in total. The van der Waals surface area contributed by atoms with Crippen molar-refractivity contribution in [3.8, 4) is 0 Å².